The van der Waals surface area contributed by atoms with Gasteiger partial charge >= 0.3 is 6.01 Å². The fourth-order valence-corrected chi connectivity index (χ4v) is 2.75. The molecule has 2 aromatic heterocycles. The van der Waals surface area contributed by atoms with Crippen LogP contribution in [0, 0.1) is 0 Å². The Labute approximate surface area is 150 Å². The molecule has 0 atom stereocenters. The maximum absolute atomic E-state index is 10.8. The lowest BCUT2D eigenvalue weighted by atomic mass is 10.1. The number of carbonyl (C=O) groups is 1. The minimum Gasteiger partial charge on any atom is -0.463 e. The average molecular weight is 359 g/mol. The summed E-state index contributed by atoms with van der Waals surface area (Å²) in [5.41, 5.74) is 8.29. The maximum atomic E-state index is 10.8. The van der Waals surface area contributed by atoms with E-state index in [-0.39, 0.29) is 6.01 Å². The zero-order chi connectivity index (χ0) is 17.8. The van der Waals surface area contributed by atoms with E-state index in [0.29, 0.717) is 40.7 Å². The number of nitrogen functional groups attached to an aromatic ring is 1. The highest BCUT2D eigenvalue weighted by Gasteiger charge is 2.15. The van der Waals surface area contributed by atoms with Crippen LogP contribution in [-0.2, 0) is 6.54 Å². The third kappa shape index (κ3) is 3.74. The Kier molecular flexibility index (Phi) is 5.19. The topological polar surface area (TPSA) is 83.0 Å². The summed E-state index contributed by atoms with van der Waals surface area (Å²) in [6.45, 7) is 3.14. The molecule has 2 heterocycles. The highest BCUT2D eigenvalue weighted by atomic mass is 35.5. The minimum atomic E-state index is 0.255. The molecule has 130 valence electrons. The van der Waals surface area contributed by atoms with Crippen molar-refractivity contribution in [2.24, 2.45) is 0 Å². The van der Waals surface area contributed by atoms with Crippen molar-refractivity contribution in [3.8, 4) is 6.01 Å². The molecule has 0 saturated carbocycles. The van der Waals surface area contributed by atoms with Crippen molar-refractivity contribution in [1.29, 1.82) is 0 Å². The Morgan fingerprint density at radius 2 is 2.04 bits per heavy atom. The largest absolute Gasteiger partial charge is 0.463 e. The van der Waals surface area contributed by atoms with E-state index in [9.17, 15) is 4.79 Å². The summed E-state index contributed by atoms with van der Waals surface area (Å²) in [5, 5.41) is 1.21. The molecular formula is C18H19ClN4O2. The van der Waals surface area contributed by atoms with Crippen molar-refractivity contribution in [2.45, 2.75) is 26.3 Å². The second kappa shape index (κ2) is 7.53. The van der Waals surface area contributed by atoms with Gasteiger partial charge in [0.05, 0.1) is 18.5 Å². The van der Waals surface area contributed by atoms with E-state index < -0.39 is 0 Å². The van der Waals surface area contributed by atoms with Crippen LogP contribution in [-0.4, -0.2) is 27.4 Å². The molecule has 0 fully saturated rings. The number of nitrogens with two attached hydrogens (primary N) is 1. The molecule has 2 N–H and O–H groups in total. The number of anilines is 1. The van der Waals surface area contributed by atoms with Crippen molar-refractivity contribution < 1.29 is 9.53 Å². The average Bonchev–Trinajstić information content (AvgIpc) is 2.93. The molecular weight excluding hydrogens is 340 g/mol. The second-order valence-electron chi connectivity index (χ2n) is 5.74. The Bertz CT molecular complexity index is 890. The van der Waals surface area contributed by atoms with Crippen LogP contribution in [0.25, 0.3) is 11.0 Å². The second-order valence-corrected chi connectivity index (χ2v) is 6.13. The summed E-state index contributed by atoms with van der Waals surface area (Å²) >= 11 is 6.37. The van der Waals surface area contributed by atoms with E-state index >= 15 is 0 Å². The van der Waals surface area contributed by atoms with Crippen LogP contribution in [0.1, 0.15) is 35.7 Å². The number of aldehydes is 1. The lowest BCUT2D eigenvalue weighted by Gasteiger charge is -2.09. The quantitative estimate of drug-likeness (QED) is 0.514. The number of nitrogens with zero attached hydrogens (tertiary/aromatic N) is 3. The van der Waals surface area contributed by atoms with Crippen LogP contribution >= 0.6 is 11.6 Å². The van der Waals surface area contributed by atoms with Gasteiger partial charge in [-0.2, -0.15) is 9.97 Å². The van der Waals surface area contributed by atoms with Crippen LogP contribution in [0.15, 0.2) is 30.3 Å². The molecule has 0 spiro atoms. The number of ether oxygens (including phenoxy) is 1. The van der Waals surface area contributed by atoms with E-state index in [1.165, 1.54) is 0 Å². The summed E-state index contributed by atoms with van der Waals surface area (Å²) in [6.07, 6.45) is 2.76. The number of hydrogen-bond acceptors (Lipinski definition) is 5. The first-order chi connectivity index (χ1) is 12.1. The zero-order valence-corrected chi connectivity index (χ0v) is 14.7. The summed E-state index contributed by atoms with van der Waals surface area (Å²) < 4.78 is 7.43. The van der Waals surface area contributed by atoms with Gasteiger partial charge in [-0.05, 0) is 18.1 Å². The molecule has 0 aliphatic heterocycles. The Morgan fingerprint density at radius 1 is 1.28 bits per heavy atom. The molecule has 0 amide bonds. The van der Waals surface area contributed by atoms with Crippen molar-refractivity contribution in [2.75, 3.05) is 12.3 Å². The Balaban J connectivity index is 1.95. The minimum absolute atomic E-state index is 0.255. The van der Waals surface area contributed by atoms with Crippen LogP contribution < -0.4 is 10.5 Å². The number of rotatable bonds is 7. The van der Waals surface area contributed by atoms with Crippen molar-refractivity contribution >= 4 is 34.7 Å². The molecule has 25 heavy (non-hydrogen) atoms. The molecule has 7 heteroatoms. The van der Waals surface area contributed by atoms with Crippen LogP contribution in [0.4, 0.5) is 5.82 Å². The van der Waals surface area contributed by atoms with Gasteiger partial charge in [0.15, 0.2) is 5.65 Å². The summed E-state index contributed by atoms with van der Waals surface area (Å²) in [7, 11) is 0. The number of benzene rings is 1. The van der Waals surface area contributed by atoms with Gasteiger partial charge in [0.2, 0.25) is 0 Å². The fraction of sp³-hybridized carbons (Fsp3) is 0.278. The van der Waals surface area contributed by atoms with Crippen LogP contribution in [0.2, 0.25) is 5.15 Å². The molecule has 0 saturated heterocycles. The van der Waals surface area contributed by atoms with Gasteiger partial charge in [-0.3, -0.25) is 4.79 Å². The number of halogens is 1. The van der Waals surface area contributed by atoms with Crippen molar-refractivity contribution in [3.05, 3.63) is 46.6 Å². The molecule has 0 bridgehead atoms. The van der Waals surface area contributed by atoms with Crippen LogP contribution in [0.5, 0.6) is 6.01 Å². The van der Waals surface area contributed by atoms with E-state index in [1.54, 1.807) is 18.2 Å². The number of carbonyl (C=O) groups excluding carboxylic acids is 1. The standard InChI is InChI=1S/C18H19ClN4O2/c1-2-3-8-25-18-21-16(20)14-9-15(19)23(17(14)22-18)10-12-4-6-13(11-24)7-5-12/h4-7,9,11H,2-3,8,10H2,1H3,(H2,20,21,22). The third-order valence-electron chi connectivity index (χ3n) is 3.90. The first kappa shape index (κ1) is 17.2. The SMILES string of the molecule is CCCCOc1nc(N)c2cc(Cl)n(Cc3ccc(C=O)cc3)c2n1. The molecule has 6 nitrogen and oxygen atoms in total. The lowest BCUT2D eigenvalue weighted by Crippen LogP contribution is -2.06. The summed E-state index contributed by atoms with van der Waals surface area (Å²) in [5.74, 6) is 0.341. The number of unbranched alkanes of at least 4 members (excludes halogenated alkanes) is 1. The molecule has 0 aliphatic carbocycles. The van der Waals surface area contributed by atoms with Gasteiger partial charge in [0.1, 0.15) is 17.3 Å². The van der Waals surface area contributed by atoms with Gasteiger partial charge in [-0.1, -0.05) is 49.2 Å². The predicted octanol–water partition coefficient (Wildman–Crippen LogP) is 3.71. The number of hydrogen-bond donors (Lipinski definition) is 1. The monoisotopic (exact) mass is 358 g/mol. The smallest absolute Gasteiger partial charge is 0.320 e. The first-order valence-corrected chi connectivity index (χ1v) is 8.49. The van der Waals surface area contributed by atoms with Gasteiger partial charge in [-0.15, -0.1) is 0 Å². The maximum Gasteiger partial charge on any atom is 0.320 e. The Hall–Kier alpha value is -2.60. The van der Waals surface area contributed by atoms with Crippen molar-refractivity contribution in [3.63, 3.8) is 0 Å². The summed E-state index contributed by atoms with van der Waals surface area (Å²) in [4.78, 5) is 19.4. The number of fused-ring (bicyclic) bond motifs is 1. The first-order valence-electron chi connectivity index (χ1n) is 8.11. The summed E-state index contributed by atoms with van der Waals surface area (Å²) in [6, 6.07) is 9.31. The highest BCUT2D eigenvalue weighted by molar-refractivity contribution is 6.31. The van der Waals surface area contributed by atoms with E-state index in [2.05, 4.69) is 16.9 Å². The van der Waals surface area contributed by atoms with E-state index in [1.807, 2.05) is 16.7 Å². The normalized spacial score (nSPS) is 11.0. The highest BCUT2D eigenvalue weighted by Crippen LogP contribution is 2.28. The molecule has 0 aliphatic rings. The molecule has 0 radical (unpaired) electrons. The van der Waals surface area contributed by atoms with Crippen LogP contribution in [0.3, 0.4) is 0 Å². The fourth-order valence-electron chi connectivity index (χ4n) is 2.50. The Morgan fingerprint density at radius 3 is 2.72 bits per heavy atom. The van der Waals surface area contributed by atoms with Gasteiger partial charge in [-0.25, -0.2) is 0 Å². The molecule has 1 aromatic carbocycles. The van der Waals surface area contributed by atoms with Gasteiger partial charge in [0.25, 0.3) is 0 Å². The van der Waals surface area contributed by atoms with Gasteiger partial charge in [0, 0.05) is 5.56 Å². The lowest BCUT2D eigenvalue weighted by molar-refractivity contribution is 0.112. The third-order valence-corrected chi connectivity index (χ3v) is 4.21. The van der Waals surface area contributed by atoms with E-state index in [4.69, 9.17) is 22.1 Å². The van der Waals surface area contributed by atoms with Gasteiger partial charge < -0.3 is 15.0 Å². The molecule has 3 aromatic rings. The molecule has 0 unspecified atom stereocenters. The predicted molar refractivity (Wildman–Crippen MR) is 98.3 cm³/mol. The van der Waals surface area contributed by atoms with E-state index in [0.717, 1.165) is 24.7 Å². The molecule has 3 rings (SSSR count). The number of aromatic nitrogens is 3. The van der Waals surface area contributed by atoms with Crippen molar-refractivity contribution in [1.82, 2.24) is 14.5 Å². The zero-order valence-electron chi connectivity index (χ0n) is 13.9.